The molecule has 6 heteroatoms. The van der Waals surface area contributed by atoms with Crippen molar-refractivity contribution >= 4 is 27.7 Å². The largest absolute Gasteiger partial charge is 0.355 e. The molecule has 1 N–H and O–H groups in total. The third kappa shape index (κ3) is 5.48. The van der Waals surface area contributed by atoms with E-state index in [9.17, 15) is 9.59 Å². The molecule has 19 heavy (non-hydrogen) atoms. The first kappa shape index (κ1) is 16.4. The smallest absolute Gasteiger partial charge is 0.238 e. The monoisotopic (exact) mass is 333 g/mol. The lowest BCUT2D eigenvalue weighted by atomic mass is 10.1. The predicted octanol–water partition coefficient (Wildman–Crippen LogP) is 0.830. The molecule has 1 aliphatic rings. The Hall–Kier alpha value is -0.620. The molecule has 1 fully saturated rings. The zero-order valence-corrected chi connectivity index (χ0v) is 13.6. The minimum atomic E-state index is -0.506. The van der Waals surface area contributed by atoms with Gasteiger partial charge in [0.15, 0.2) is 0 Å². The number of hydrogen-bond donors (Lipinski definition) is 1. The first-order chi connectivity index (χ1) is 8.84. The van der Waals surface area contributed by atoms with Crippen LogP contribution in [-0.4, -0.2) is 65.2 Å². The highest BCUT2D eigenvalue weighted by Crippen LogP contribution is 2.20. The molecular formula is C13H24BrN3O2. The van der Waals surface area contributed by atoms with Gasteiger partial charge in [0.1, 0.15) is 0 Å². The van der Waals surface area contributed by atoms with Crippen molar-refractivity contribution in [1.29, 1.82) is 0 Å². The molecule has 5 nitrogen and oxygen atoms in total. The summed E-state index contributed by atoms with van der Waals surface area (Å²) < 4.78 is -0.506. The maximum absolute atomic E-state index is 12.1. The number of amides is 2. The maximum Gasteiger partial charge on any atom is 0.238 e. The molecule has 110 valence electrons. The van der Waals surface area contributed by atoms with Crippen molar-refractivity contribution in [1.82, 2.24) is 15.1 Å². The Kier molecular flexibility index (Phi) is 6.26. The molecule has 0 spiro atoms. The Balaban J connectivity index is 2.33. The van der Waals surface area contributed by atoms with Gasteiger partial charge in [-0.05, 0) is 20.3 Å². The summed E-state index contributed by atoms with van der Waals surface area (Å²) in [4.78, 5) is 27.6. The van der Waals surface area contributed by atoms with E-state index in [0.717, 1.165) is 26.1 Å². The van der Waals surface area contributed by atoms with Crippen LogP contribution in [0, 0.1) is 0 Å². The summed E-state index contributed by atoms with van der Waals surface area (Å²) in [6, 6.07) is 0. The van der Waals surface area contributed by atoms with Crippen LogP contribution in [0.3, 0.4) is 0 Å². The lowest BCUT2D eigenvalue weighted by Crippen LogP contribution is -2.54. The van der Waals surface area contributed by atoms with Gasteiger partial charge in [0.05, 0.1) is 10.9 Å². The molecule has 1 rings (SSSR count). The van der Waals surface area contributed by atoms with Crippen molar-refractivity contribution < 1.29 is 9.59 Å². The Morgan fingerprint density at radius 2 is 1.79 bits per heavy atom. The van der Waals surface area contributed by atoms with Crippen molar-refractivity contribution in [3.63, 3.8) is 0 Å². The van der Waals surface area contributed by atoms with Gasteiger partial charge in [0, 0.05) is 32.7 Å². The normalized spacial score (nSPS) is 17.4. The number of nitrogens with one attached hydrogen (secondary N) is 1. The van der Waals surface area contributed by atoms with Crippen molar-refractivity contribution in [3.8, 4) is 0 Å². The Labute approximate surface area is 123 Å². The van der Waals surface area contributed by atoms with Crippen molar-refractivity contribution in [2.24, 2.45) is 0 Å². The summed E-state index contributed by atoms with van der Waals surface area (Å²) in [6.45, 7) is 9.81. The Morgan fingerprint density at radius 1 is 1.21 bits per heavy atom. The second kappa shape index (κ2) is 7.24. The van der Waals surface area contributed by atoms with Crippen LogP contribution in [-0.2, 0) is 9.59 Å². The molecule has 1 saturated heterocycles. The summed E-state index contributed by atoms with van der Waals surface area (Å²) in [5.74, 6) is 0.185. The molecule has 0 unspecified atom stereocenters. The van der Waals surface area contributed by atoms with Gasteiger partial charge in [-0.3, -0.25) is 14.5 Å². The molecule has 1 aliphatic heterocycles. The van der Waals surface area contributed by atoms with E-state index in [1.807, 2.05) is 25.7 Å². The van der Waals surface area contributed by atoms with Gasteiger partial charge in [-0.2, -0.15) is 0 Å². The van der Waals surface area contributed by atoms with E-state index >= 15 is 0 Å². The molecule has 0 aromatic rings. The average Bonchev–Trinajstić information content (AvgIpc) is 2.35. The lowest BCUT2D eigenvalue weighted by molar-refractivity contribution is -0.134. The van der Waals surface area contributed by atoms with Gasteiger partial charge in [-0.15, -0.1) is 0 Å². The number of carbonyl (C=O) groups is 2. The topological polar surface area (TPSA) is 52.7 Å². The molecule has 2 amide bonds. The van der Waals surface area contributed by atoms with Crippen LogP contribution in [0.4, 0.5) is 0 Å². The minimum absolute atomic E-state index is 0.0717. The Morgan fingerprint density at radius 3 is 2.26 bits per heavy atom. The second-order valence-corrected chi connectivity index (χ2v) is 7.37. The highest BCUT2D eigenvalue weighted by Gasteiger charge is 2.31. The van der Waals surface area contributed by atoms with Gasteiger partial charge >= 0.3 is 0 Å². The van der Waals surface area contributed by atoms with Gasteiger partial charge in [0.2, 0.25) is 11.8 Å². The van der Waals surface area contributed by atoms with Crippen molar-refractivity contribution in [2.75, 3.05) is 39.3 Å². The van der Waals surface area contributed by atoms with Crippen LogP contribution >= 0.6 is 15.9 Å². The minimum Gasteiger partial charge on any atom is -0.355 e. The zero-order chi connectivity index (χ0) is 14.5. The molecule has 0 atom stereocenters. The fourth-order valence-electron chi connectivity index (χ4n) is 2.01. The van der Waals surface area contributed by atoms with E-state index in [-0.39, 0.29) is 11.8 Å². The third-order valence-electron chi connectivity index (χ3n) is 3.11. The lowest BCUT2D eigenvalue weighted by Gasteiger charge is -2.36. The van der Waals surface area contributed by atoms with Crippen molar-refractivity contribution in [3.05, 3.63) is 0 Å². The summed E-state index contributed by atoms with van der Waals surface area (Å²) in [6.07, 6.45) is 0.953. The second-order valence-electron chi connectivity index (χ2n) is 5.39. The van der Waals surface area contributed by atoms with Crippen LogP contribution in [0.2, 0.25) is 0 Å². The van der Waals surface area contributed by atoms with Crippen LogP contribution < -0.4 is 5.32 Å². The first-order valence-corrected chi connectivity index (χ1v) is 7.61. The summed E-state index contributed by atoms with van der Waals surface area (Å²) in [5, 5.41) is 2.87. The summed E-state index contributed by atoms with van der Waals surface area (Å²) >= 11 is 3.39. The van der Waals surface area contributed by atoms with E-state index < -0.39 is 4.32 Å². The van der Waals surface area contributed by atoms with Gasteiger partial charge in [-0.1, -0.05) is 22.9 Å². The fourth-order valence-corrected chi connectivity index (χ4v) is 2.26. The number of carbonyl (C=O) groups excluding carboxylic acids is 2. The standard InChI is InChI=1S/C13H24BrN3O2/c1-4-5-15-11(18)10-16-6-8-17(9-7-16)12(19)13(2,3)14/h4-10H2,1-3H3,(H,15,18). The molecular weight excluding hydrogens is 310 g/mol. The van der Waals surface area contributed by atoms with Crippen LogP contribution in [0.1, 0.15) is 27.2 Å². The number of hydrogen-bond acceptors (Lipinski definition) is 3. The number of halogens is 1. The Bertz CT molecular complexity index is 320. The number of nitrogens with zero attached hydrogens (tertiary/aromatic N) is 2. The molecule has 0 radical (unpaired) electrons. The highest BCUT2D eigenvalue weighted by molar-refractivity contribution is 9.10. The molecule has 0 aromatic heterocycles. The SMILES string of the molecule is CCCNC(=O)CN1CCN(C(=O)C(C)(C)Br)CC1. The zero-order valence-electron chi connectivity index (χ0n) is 12.0. The quantitative estimate of drug-likeness (QED) is 0.758. The van der Waals surface area contributed by atoms with Gasteiger partial charge in [0.25, 0.3) is 0 Å². The highest BCUT2D eigenvalue weighted by atomic mass is 79.9. The van der Waals surface area contributed by atoms with E-state index in [4.69, 9.17) is 0 Å². The van der Waals surface area contributed by atoms with E-state index in [0.29, 0.717) is 19.6 Å². The molecule has 0 aromatic carbocycles. The first-order valence-electron chi connectivity index (χ1n) is 6.82. The number of piperazine rings is 1. The molecule has 0 bridgehead atoms. The average molecular weight is 334 g/mol. The summed E-state index contributed by atoms with van der Waals surface area (Å²) in [7, 11) is 0. The number of rotatable bonds is 5. The van der Waals surface area contributed by atoms with Gasteiger partial charge in [-0.25, -0.2) is 0 Å². The molecule has 0 saturated carbocycles. The van der Waals surface area contributed by atoms with E-state index in [2.05, 4.69) is 26.1 Å². The van der Waals surface area contributed by atoms with E-state index in [1.54, 1.807) is 0 Å². The maximum atomic E-state index is 12.1. The van der Waals surface area contributed by atoms with Crippen LogP contribution in [0.5, 0.6) is 0 Å². The van der Waals surface area contributed by atoms with E-state index in [1.165, 1.54) is 0 Å². The van der Waals surface area contributed by atoms with Crippen molar-refractivity contribution in [2.45, 2.75) is 31.5 Å². The molecule has 0 aliphatic carbocycles. The third-order valence-corrected chi connectivity index (χ3v) is 3.45. The number of alkyl halides is 1. The fraction of sp³-hybridized carbons (Fsp3) is 0.846. The van der Waals surface area contributed by atoms with Crippen LogP contribution in [0.15, 0.2) is 0 Å². The summed E-state index contributed by atoms with van der Waals surface area (Å²) in [5.41, 5.74) is 0. The van der Waals surface area contributed by atoms with Crippen LogP contribution in [0.25, 0.3) is 0 Å². The molecule has 1 heterocycles. The van der Waals surface area contributed by atoms with Gasteiger partial charge < -0.3 is 10.2 Å². The predicted molar refractivity (Wildman–Crippen MR) is 79.3 cm³/mol.